The maximum Gasteiger partial charge on any atom is 0.266 e. The molecular formula is C16H21N5O2. The SMILES string of the molecule is CCNC(=O)CN1CCN(c2noc(-c3ccccc3)n2)CC1. The minimum absolute atomic E-state index is 0.0758. The lowest BCUT2D eigenvalue weighted by Gasteiger charge is -2.33. The average molecular weight is 315 g/mol. The van der Waals surface area contributed by atoms with Gasteiger partial charge in [0.05, 0.1) is 6.54 Å². The molecule has 2 aromatic rings. The van der Waals surface area contributed by atoms with Crippen LogP contribution >= 0.6 is 0 Å². The molecule has 7 nitrogen and oxygen atoms in total. The van der Waals surface area contributed by atoms with Crippen molar-refractivity contribution in [1.29, 1.82) is 0 Å². The van der Waals surface area contributed by atoms with Crippen molar-refractivity contribution in [1.82, 2.24) is 20.4 Å². The van der Waals surface area contributed by atoms with Crippen molar-refractivity contribution >= 4 is 11.9 Å². The average Bonchev–Trinajstić information content (AvgIpc) is 3.07. The molecule has 1 fully saturated rings. The molecule has 23 heavy (non-hydrogen) atoms. The fourth-order valence-corrected chi connectivity index (χ4v) is 2.60. The Hall–Kier alpha value is -2.41. The topological polar surface area (TPSA) is 74.5 Å². The van der Waals surface area contributed by atoms with E-state index in [0.717, 1.165) is 31.7 Å². The number of carbonyl (C=O) groups is 1. The zero-order valence-electron chi connectivity index (χ0n) is 13.2. The summed E-state index contributed by atoms with van der Waals surface area (Å²) in [6, 6.07) is 9.73. The summed E-state index contributed by atoms with van der Waals surface area (Å²) in [6.45, 7) is 6.24. The molecule has 1 aliphatic heterocycles. The van der Waals surface area contributed by atoms with Crippen LogP contribution in [-0.2, 0) is 4.79 Å². The monoisotopic (exact) mass is 315 g/mol. The zero-order chi connectivity index (χ0) is 16.1. The highest BCUT2D eigenvalue weighted by Crippen LogP contribution is 2.20. The van der Waals surface area contributed by atoms with E-state index >= 15 is 0 Å². The second-order valence-electron chi connectivity index (χ2n) is 5.48. The third kappa shape index (κ3) is 3.87. The highest BCUT2D eigenvalue weighted by Gasteiger charge is 2.22. The smallest absolute Gasteiger partial charge is 0.266 e. The van der Waals surface area contributed by atoms with Crippen LogP contribution in [0.5, 0.6) is 0 Å². The van der Waals surface area contributed by atoms with E-state index in [1.807, 2.05) is 37.3 Å². The van der Waals surface area contributed by atoms with Crippen LogP contribution in [0, 0.1) is 0 Å². The first-order valence-electron chi connectivity index (χ1n) is 7.89. The summed E-state index contributed by atoms with van der Waals surface area (Å²) in [5.41, 5.74) is 0.918. The molecule has 1 N–H and O–H groups in total. The predicted molar refractivity (Wildman–Crippen MR) is 87.1 cm³/mol. The van der Waals surface area contributed by atoms with Crippen molar-refractivity contribution in [3.8, 4) is 11.5 Å². The molecular weight excluding hydrogens is 294 g/mol. The van der Waals surface area contributed by atoms with E-state index in [4.69, 9.17) is 4.52 Å². The molecule has 0 radical (unpaired) electrons. The zero-order valence-corrected chi connectivity index (χ0v) is 13.2. The molecule has 0 aliphatic carbocycles. The Balaban J connectivity index is 1.56. The summed E-state index contributed by atoms with van der Waals surface area (Å²) in [4.78, 5) is 20.3. The Kier molecular flexibility index (Phi) is 4.87. The van der Waals surface area contributed by atoms with Gasteiger partial charge in [-0.3, -0.25) is 9.69 Å². The molecule has 0 saturated carbocycles. The van der Waals surface area contributed by atoms with Gasteiger partial charge >= 0.3 is 0 Å². The highest BCUT2D eigenvalue weighted by molar-refractivity contribution is 5.77. The number of nitrogens with zero attached hydrogens (tertiary/aromatic N) is 4. The molecule has 1 saturated heterocycles. The number of rotatable bonds is 5. The normalized spacial score (nSPS) is 15.6. The standard InChI is InChI=1S/C16H21N5O2/c1-2-17-14(22)12-20-8-10-21(11-9-20)16-18-15(23-19-16)13-6-4-3-5-7-13/h3-7H,2,8-12H2,1H3,(H,17,22). The summed E-state index contributed by atoms with van der Waals surface area (Å²) >= 11 is 0. The number of nitrogens with one attached hydrogen (secondary N) is 1. The number of likely N-dealkylation sites (N-methyl/N-ethyl adjacent to an activating group) is 1. The number of piperazine rings is 1. The molecule has 1 aromatic carbocycles. The molecule has 1 aliphatic rings. The van der Waals surface area contributed by atoms with E-state index < -0.39 is 0 Å². The lowest BCUT2D eigenvalue weighted by molar-refractivity contribution is -0.122. The van der Waals surface area contributed by atoms with Crippen molar-refractivity contribution in [2.75, 3.05) is 44.2 Å². The van der Waals surface area contributed by atoms with Crippen molar-refractivity contribution < 1.29 is 9.32 Å². The van der Waals surface area contributed by atoms with Gasteiger partial charge < -0.3 is 14.7 Å². The molecule has 3 rings (SSSR count). The number of hydrogen-bond acceptors (Lipinski definition) is 6. The Morgan fingerprint density at radius 1 is 1.22 bits per heavy atom. The predicted octanol–water partition coefficient (Wildman–Crippen LogP) is 0.995. The maximum atomic E-state index is 11.6. The fraction of sp³-hybridized carbons (Fsp3) is 0.438. The maximum absolute atomic E-state index is 11.6. The molecule has 1 aromatic heterocycles. The summed E-state index contributed by atoms with van der Waals surface area (Å²) < 4.78 is 5.35. The lowest BCUT2D eigenvalue weighted by Crippen LogP contribution is -2.49. The third-order valence-corrected chi connectivity index (χ3v) is 3.83. The number of anilines is 1. The van der Waals surface area contributed by atoms with Crippen molar-refractivity contribution in [2.24, 2.45) is 0 Å². The third-order valence-electron chi connectivity index (χ3n) is 3.83. The van der Waals surface area contributed by atoms with E-state index in [9.17, 15) is 4.79 Å². The second kappa shape index (κ2) is 7.23. The van der Waals surface area contributed by atoms with Gasteiger partial charge in [0, 0.05) is 38.3 Å². The number of amides is 1. The van der Waals surface area contributed by atoms with Crippen LogP contribution in [0.25, 0.3) is 11.5 Å². The van der Waals surface area contributed by atoms with Crippen molar-refractivity contribution in [3.05, 3.63) is 30.3 Å². The molecule has 0 bridgehead atoms. The van der Waals surface area contributed by atoms with Crippen LogP contribution in [0.15, 0.2) is 34.9 Å². The number of carbonyl (C=O) groups excluding carboxylic acids is 1. The number of hydrogen-bond donors (Lipinski definition) is 1. The van der Waals surface area contributed by atoms with Crippen LogP contribution in [0.2, 0.25) is 0 Å². The quantitative estimate of drug-likeness (QED) is 0.887. The molecule has 7 heteroatoms. The first kappa shape index (κ1) is 15.5. The van der Waals surface area contributed by atoms with Crippen LogP contribution in [0.1, 0.15) is 6.92 Å². The van der Waals surface area contributed by atoms with E-state index in [2.05, 4.69) is 25.3 Å². The van der Waals surface area contributed by atoms with Gasteiger partial charge in [-0.1, -0.05) is 18.2 Å². The number of benzene rings is 1. The summed E-state index contributed by atoms with van der Waals surface area (Å²) in [5.74, 6) is 1.22. The highest BCUT2D eigenvalue weighted by atomic mass is 16.5. The molecule has 2 heterocycles. The molecule has 0 unspecified atom stereocenters. The Morgan fingerprint density at radius 3 is 2.65 bits per heavy atom. The van der Waals surface area contributed by atoms with Crippen LogP contribution in [0.4, 0.5) is 5.95 Å². The van der Waals surface area contributed by atoms with Gasteiger partial charge in [0.1, 0.15) is 0 Å². The second-order valence-corrected chi connectivity index (χ2v) is 5.48. The molecule has 0 atom stereocenters. The largest absolute Gasteiger partial charge is 0.355 e. The van der Waals surface area contributed by atoms with Gasteiger partial charge in [-0.05, 0) is 24.2 Å². The fourth-order valence-electron chi connectivity index (χ4n) is 2.60. The first-order chi connectivity index (χ1) is 11.3. The van der Waals surface area contributed by atoms with Crippen molar-refractivity contribution in [2.45, 2.75) is 6.92 Å². The summed E-state index contributed by atoms with van der Waals surface area (Å²) in [7, 11) is 0. The summed E-state index contributed by atoms with van der Waals surface area (Å²) in [5, 5.41) is 6.90. The van der Waals surface area contributed by atoms with Crippen LogP contribution in [0.3, 0.4) is 0 Å². The van der Waals surface area contributed by atoms with E-state index in [0.29, 0.717) is 24.9 Å². The van der Waals surface area contributed by atoms with Crippen LogP contribution < -0.4 is 10.2 Å². The first-order valence-corrected chi connectivity index (χ1v) is 7.89. The Bertz CT molecular complexity index is 635. The number of aromatic nitrogens is 2. The molecule has 122 valence electrons. The minimum atomic E-state index is 0.0758. The summed E-state index contributed by atoms with van der Waals surface area (Å²) in [6.07, 6.45) is 0. The van der Waals surface area contributed by atoms with Gasteiger partial charge in [0.15, 0.2) is 0 Å². The minimum Gasteiger partial charge on any atom is -0.355 e. The molecule has 1 amide bonds. The van der Waals surface area contributed by atoms with Gasteiger partial charge in [0.2, 0.25) is 5.91 Å². The Morgan fingerprint density at radius 2 is 1.96 bits per heavy atom. The molecule has 0 spiro atoms. The lowest BCUT2D eigenvalue weighted by atomic mass is 10.2. The van der Waals surface area contributed by atoms with Crippen LogP contribution in [-0.4, -0.2) is 60.2 Å². The van der Waals surface area contributed by atoms with E-state index in [-0.39, 0.29) is 5.91 Å². The van der Waals surface area contributed by atoms with Gasteiger partial charge in [-0.25, -0.2) is 0 Å². The van der Waals surface area contributed by atoms with E-state index in [1.54, 1.807) is 0 Å². The van der Waals surface area contributed by atoms with Gasteiger partial charge in [-0.2, -0.15) is 4.98 Å². The van der Waals surface area contributed by atoms with Gasteiger partial charge in [-0.15, -0.1) is 0 Å². The van der Waals surface area contributed by atoms with Gasteiger partial charge in [0.25, 0.3) is 11.8 Å². The Labute approximate surface area is 135 Å². The van der Waals surface area contributed by atoms with E-state index in [1.165, 1.54) is 0 Å². The van der Waals surface area contributed by atoms with Crippen molar-refractivity contribution in [3.63, 3.8) is 0 Å².